The summed E-state index contributed by atoms with van der Waals surface area (Å²) in [6.45, 7) is 2.01. The van der Waals surface area contributed by atoms with Crippen LogP contribution in [0, 0.1) is 24.2 Å². The highest BCUT2D eigenvalue weighted by atomic mass is 32.2. The Hall–Kier alpha value is -2.59. The molecule has 0 fully saturated rings. The van der Waals surface area contributed by atoms with E-state index in [1.165, 1.54) is 11.8 Å². The fourth-order valence-corrected chi connectivity index (χ4v) is 3.43. The molecule has 1 amide bonds. The van der Waals surface area contributed by atoms with E-state index in [4.69, 9.17) is 5.26 Å². The first-order valence-electron chi connectivity index (χ1n) is 7.09. The van der Waals surface area contributed by atoms with Crippen molar-refractivity contribution in [1.29, 1.82) is 5.26 Å². The number of benzene rings is 1. The van der Waals surface area contributed by atoms with E-state index in [0.717, 1.165) is 0 Å². The van der Waals surface area contributed by atoms with E-state index >= 15 is 0 Å². The molecule has 0 aliphatic carbocycles. The second kappa shape index (κ2) is 6.26. The van der Waals surface area contributed by atoms with Gasteiger partial charge in [-0.3, -0.25) is 14.2 Å². The molecule has 0 saturated carbocycles. The highest BCUT2D eigenvalue weighted by Gasteiger charge is 2.27. The Morgan fingerprint density at radius 3 is 3.04 bits per heavy atom. The van der Waals surface area contributed by atoms with Crippen molar-refractivity contribution in [2.24, 2.45) is 5.92 Å². The average Bonchev–Trinajstić information content (AvgIpc) is 2.58. The van der Waals surface area contributed by atoms with E-state index in [0.29, 0.717) is 34.3 Å². The molecular weight excluding hydrogens is 312 g/mol. The lowest BCUT2D eigenvalue weighted by atomic mass is 10.1. The fourth-order valence-electron chi connectivity index (χ4n) is 2.38. The molecule has 6 nitrogen and oxygen atoms in total. The van der Waals surface area contributed by atoms with Crippen LogP contribution in [-0.4, -0.2) is 21.2 Å². The van der Waals surface area contributed by atoms with Gasteiger partial charge in [0.05, 0.1) is 17.2 Å². The van der Waals surface area contributed by atoms with Gasteiger partial charge in [-0.15, -0.1) is 0 Å². The molecule has 0 saturated heterocycles. The summed E-state index contributed by atoms with van der Waals surface area (Å²) in [5.41, 5.74) is 1.35. The third kappa shape index (κ3) is 2.98. The fraction of sp³-hybridized carbons (Fsp3) is 0.250. The molecule has 23 heavy (non-hydrogen) atoms. The first kappa shape index (κ1) is 15.3. The molecular formula is C16H14N4O2S. The van der Waals surface area contributed by atoms with Gasteiger partial charge in [0.25, 0.3) is 5.56 Å². The second-order valence-electron chi connectivity index (χ2n) is 5.29. The molecule has 1 aliphatic rings. The quantitative estimate of drug-likeness (QED) is 0.850. The molecule has 1 aromatic carbocycles. The summed E-state index contributed by atoms with van der Waals surface area (Å²) in [6.07, 6.45) is 1.56. The molecule has 1 aliphatic heterocycles. The van der Waals surface area contributed by atoms with Crippen LogP contribution in [0.4, 0.5) is 5.69 Å². The summed E-state index contributed by atoms with van der Waals surface area (Å²) in [7, 11) is 0. The van der Waals surface area contributed by atoms with E-state index < -0.39 is 0 Å². The monoisotopic (exact) mass is 326 g/mol. The van der Waals surface area contributed by atoms with Crippen LogP contribution in [0.25, 0.3) is 0 Å². The van der Waals surface area contributed by atoms with Gasteiger partial charge in [0.1, 0.15) is 6.07 Å². The zero-order chi connectivity index (χ0) is 16.4. The Labute approximate surface area is 137 Å². The van der Waals surface area contributed by atoms with Crippen molar-refractivity contribution >= 4 is 23.4 Å². The van der Waals surface area contributed by atoms with Gasteiger partial charge in [-0.1, -0.05) is 23.9 Å². The molecule has 3 rings (SSSR count). The number of para-hydroxylation sites is 1. The number of fused-ring (bicyclic) bond motifs is 1. The maximum atomic E-state index is 12.5. The lowest BCUT2D eigenvalue weighted by molar-refractivity contribution is -0.119. The Bertz CT molecular complexity index is 869. The zero-order valence-electron chi connectivity index (χ0n) is 12.4. The third-order valence-corrected chi connectivity index (χ3v) is 4.83. The average molecular weight is 326 g/mol. The summed E-state index contributed by atoms with van der Waals surface area (Å²) in [5, 5.41) is 12.5. The van der Waals surface area contributed by atoms with E-state index in [1.54, 1.807) is 42.0 Å². The Balaban J connectivity index is 1.81. The smallest absolute Gasteiger partial charge is 0.257 e. The van der Waals surface area contributed by atoms with E-state index in [-0.39, 0.29) is 17.4 Å². The lowest BCUT2D eigenvalue weighted by Gasteiger charge is -2.24. The highest BCUT2D eigenvalue weighted by molar-refractivity contribution is 7.99. The van der Waals surface area contributed by atoms with Crippen LogP contribution in [-0.2, 0) is 11.3 Å². The van der Waals surface area contributed by atoms with Crippen molar-refractivity contribution in [1.82, 2.24) is 9.55 Å². The molecule has 2 aromatic rings. The van der Waals surface area contributed by atoms with Crippen LogP contribution in [0.1, 0.15) is 11.1 Å². The van der Waals surface area contributed by atoms with Crippen molar-refractivity contribution in [3.8, 4) is 6.07 Å². The second-order valence-corrected chi connectivity index (χ2v) is 6.28. The van der Waals surface area contributed by atoms with Crippen LogP contribution in [0.3, 0.4) is 0 Å². The van der Waals surface area contributed by atoms with Crippen LogP contribution in [0.5, 0.6) is 0 Å². The normalized spacial score (nSPS) is 16.3. The number of nitrogens with one attached hydrogen (secondary N) is 1. The van der Waals surface area contributed by atoms with Crippen LogP contribution in [0.2, 0.25) is 0 Å². The summed E-state index contributed by atoms with van der Waals surface area (Å²) in [6, 6.07) is 8.90. The van der Waals surface area contributed by atoms with Gasteiger partial charge >= 0.3 is 0 Å². The number of nitrogens with zero attached hydrogens (tertiary/aromatic N) is 3. The third-order valence-electron chi connectivity index (χ3n) is 3.67. The molecule has 1 unspecified atom stereocenters. The molecule has 1 atom stereocenters. The Morgan fingerprint density at radius 1 is 1.48 bits per heavy atom. The number of aryl methyl sites for hydroxylation is 1. The number of amides is 1. The molecule has 1 aromatic heterocycles. The van der Waals surface area contributed by atoms with E-state index in [1.807, 2.05) is 0 Å². The van der Waals surface area contributed by atoms with Crippen LogP contribution < -0.4 is 10.9 Å². The molecule has 0 radical (unpaired) electrons. The number of hydrogen-bond donors (Lipinski definition) is 1. The topological polar surface area (TPSA) is 87.8 Å². The number of aromatic nitrogens is 2. The van der Waals surface area contributed by atoms with Gasteiger partial charge in [0, 0.05) is 24.1 Å². The van der Waals surface area contributed by atoms with Gasteiger partial charge < -0.3 is 5.32 Å². The number of thioether (sulfide) groups is 1. The zero-order valence-corrected chi connectivity index (χ0v) is 13.3. The van der Waals surface area contributed by atoms with E-state index in [9.17, 15) is 9.59 Å². The summed E-state index contributed by atoms with van der Waals surface area (Å²) in [4.78, 5) is 28.9. The minimum Gasteiger partial charge on any atom is -0.325 e. The maximum Gasteiger partial charge on any atom is 0.257 e. The minimum absolute atomic E-state index is 0.113. The SMILES string of the molecule is Cc1cnc2n(c1=O)CC(C(=O)Nc1ccccc1C#N)CS2. The van der Waals surface area contributed by atoms with Gasteiger partial charge in [0.2, 0.25) is 5.91 Å². The van der Waals surface area contributed by atoms with Crippen LogP contribution in [0.15, 0.2) is 40.4 Å². The van der Waals surface area contributed by atoms with Crippen molar-refractivity contribution in [3.63, 3.8) is 0 Å². The van der Waals surface area contributed by atoms with Crippen molar-refractivity contribution in [2.45, 2.75) is 18.6 Å². The van der Waals surface area contributed by atoms with Crippen LogP contribution >= 0.6 is 11.8 Å². The number of anilines is 1. The summed E-state index contributed by atoms with van der Waals surface area (Å²) < 4.78 is 1.55. The molecule has 116 valence electrons. The van der Waals surface area contributed by atoms with Gasteiger partial charge in [0.15, 0.2) is 5.16 Å². The number of carbonyl (C=O) groups is 1. The van der Waals surface area contributed by atoms with E-state index in [2.05, 4.69) is 16.4 Å². The Morgan fingerprint density at radius 2 is 2.26 bits per heavy atom. The van der Waals surface area contributed by atoms with Crippen molar-refractivity contribution in [3.05, 3.63) is 51.9 Å². The van der Waals surface area contributed by atoms with Crippen molar-refractivity contribution < 1.29 is 4.79 Å². The standard InChI is InChI=1S/C16H14N4O2S/c1-10-7-18-16-20(15(10)22)8-12(9-23-16)14(21)19-13-5-3-2-4-11(13)6-17/h2-5,7,12H,8-9H2,1H3,(H,19,21). The molecule has 2 heterocycles. The van der Waals surface area contributed by atoms with Gasteiger partial charge in [-0.25, -0.2) is 4.98 Å². The number of nitriles is 1. The predicted molar refractivity (Wildman–Crippen MR) is 87.2 cm³/mol. The highest BCUT2D eigenvalue weighted by Crippen LogP contribution is 2.26. The van der Waals surface area contributed by atoms with Gasteiger partial charge in [-0.05, 0) is 19.1 Å². The van der Waals surface area contributed by atoms with Gasteiger partial charge in [-0.2, -0.15) is 5.26 Å². The largest absolute Gasteiger partial charge is 0.325 e. The number of rotatable bonds is 2. The molecule has 1 N–H and O–H groups in total. The Kier molecular flexibility index (Phi) is 4.17. The predicted octanol–water partition coefficient (Wildman–Crippen LogP) is 1.78. The first-order chi connectivity index (χ1) is 11.1. The molecule has 0 spiro atoms. The first-order valence-corrected chi connectivity index (χ1v) is 8.08. The lowest BCUT2D eigenvalue weighted by Crippen LogP contribution is -2.37. The maximum absolute atomic E-state index is 12.5. The van der Waals surface area contributed by atoms with Crippen molar-refractivity contribution in [2.75, 3.05) is 11.1 Å². The summed E-state index contributed by atoms with van der Waals surface area (Å²) in [5.74, 6) is 0.00979. The molecule has 0 bridgehead atoms. The number of carbonyl (C=O) groups excluding carboxylic acids is 1. The molecule has 7 heteroatoms. The summed E-state index contributed by atoms with van der Waals surface area (Å²) >= 11 is 1.39. The number of hydrogen-bond acceptors (Lipinski definition) is 5. The minimum atomic E-state index is -0.347.